The molecule has 0 unspecified atom stereocenters. The molecule has 0 amide bonds. The molecule has 4 aromatic rings. The highest BCUT2D eigenvalue weighted by Crippen LogP contribution is 2.35. The molecule has 28 heavy (non-hydrogen) atoms. The zero-order valence-corrected chi connectivity index (χ0v) is 19.6. The molecule has 4 aromatic carbocycles. The Kier molecular flexibility index (Phi) is 4.38. The van der Waals surface area contributed by atoms with E-state index in [4.69, 9.17) is 0 Å². The second-order valence-electron chi connectivity index (χ2n) is 9.73. The fourth-order valence-electron chi connectivity index (χ4n) is 3.50. The lowest BCUT2D eigenvalue weighted by molar-refractivity contribution is 1.71. The van der Waals surface area contributed by atoms with Gasteiger partial charge in [-0.05, 0) is 56.6 Å². The van der Waals surface area contributed by atoms with Gasteiger partial charge >= 0.3 is 0 Å². The summed E-state index contributed by atoms with van der Waals surface area (Å²) in [7, 11) is -2.77. The van der Waals surface area contributed by atoms with Crippen molar-refractivity contribution in [2.75, 3.05) is 0 Å². The minimum absolute atomic E-state index is 1.12. The topological polar surface area (TPSA) is 0 Å². The van der Waals surface area contributed by atoms with E-state index in [0.717, 1.165) is 11.1 Å². The summed E-state index contributed by atoms with van der Waals surface area (Å²) < 4.78 is 0. The van der Waals surface area contributed by atoms with Gasteiger partial charge in [-0.15, -0.1) is 11.1 Å². The highest BCUT2D eigenvalue weighted by atomic mass is 28.3. The van der Waals surface area contributed by atoms with Crippen LogP contribution in [0, 0.1) is 22.9 Å². The maximum Gasteiger partial charge on any atom is 0.129 e. The standard InChI is InChI=1S/C26H26Si2/c1-27(2,3)13-11-19-15-21-7-9-23-17-20(12-14-28(4,5)6)18-24-10-8-22(16-19)25(21)26(23)24/h7-10,15-18H,1-6H3. The van der Waals surface area contributed by atoms with Gasteiger partial charge in [0.15, 0.2) is 0 Å². The molecule has 0 spiro atoms. The third-order valence-electron chi connectivity index (χ3n) is 4.70. The van der Waals surface area contributed by atoms with Gasteiger partial charge in [0.1, 0.15) is 16.1 Å². The largest absolute Gasteiger partial charge is 0.129 e. The van der Waals surface area contributed by atoms with E-state index >= 15 is 0 Å². The Balaban J connectivity index is 1.94. The smallest absolute Gasteiger partial charge is 0.127 e. The van der Waals surface area contributed by atoms with Gasteiger partial charge < -0.3 is 0 Å². The summed E-state index contributed by atoms with van der Waals surface area (Å²) in [6, 6.07) is 17.9. The maximum absolute atomic E-state index is 3.49. The van der Waals surface area contributed by atoms with E-state index in [9.17, 15) is 0 Å². The highest BCUT2D eigenvalue weighted by molar-refractivity contribution is 6.84. The van der Waals surface area contributed by atoms with Crippen molar-refractivity contribution in [3.63, 3.8) is 0 Å². The first-order valence-electron chi connectivity index (χ1n) is 9.88. The maximum atomic E-state index is 3.49. The Bertz CT molecular complexity index is 1150. The molecule has 0 radical (unpaired) electrons. The molecule has 0 aromatic heterocycles. The van der Waals surface area contributed by atoms with Crippen molar-refractivity contribution in [3.05, 3.63) is 59.7 Å². The number of rotatable bonds is 0. The minimum atomic E-state index is -1.38. The third-order valence-corrected chi connectivity index (χ3v) is 6.45. The summed E-state index contributed by atoms with van der Waals surface area (Å²) in [5, 5.41) is 7.79. The van der Waals surface area contributed by atoms with Crippen LogP contribution < -0.4 is 0 Å². The second kappa shape index (κ2) is 6.52. The van der Waals surface area contributed by atoms with Crippen LogP contribution in [0.3, 0.4) is 0 Å². The molecule has 0 aliphatic heterocycles. The minimum Gasteiger partial charge on any atom is -0.127 e. The van der Waals surface area contributed by atoms with Gasteiger partial charge in [0, 0.05) is 11.1 Å². The molecule has 4 rings (SSSR count). The third kappa shape index (κ3) is 3.85. The summed E-state index contributed by atoms with van der Waals surface area (Å²) in [5.74, 6) is 6.85. The van der Waals surface area contributed by atoms with Gasteiger partial charge in [-0.2, -0.15) is 0 Å². The second-order valence-corrected chi connectivity index (χ2v) is 19.2. The Labute approximate surface area is 170 Å². The van der Waals surface area contributed by atoms with Gasteiger partial charge in [0.05, 0.1) is 0 Å². The van der Waals surface area contributed by atoms with Crippen LogP contribution >= 0.6 is 0 Å². The summed E-state index contributed by atoms with van der Waals surface area (Å²) >= 11 is 0. The van der Waals surface area contributed by atoms with Crippen molar-refractivity contribution in [2.45, 2.75) is 39.3 Å². The Hall–Kier alpha value is -2.53. The zero-order valence-electron chi connectivity index (χ0n) is 17.6. The molecule has 0 aliphatic rings. The van der Waals surface area contributed by atoms with Crippen molar-refractivity contribution < 1.29 is 0 Å². The molecule has 0 heterocycles. The summed E-state index contributed by atoms with van der Waals surface area (Å²) in [5.41, 5.74) is 9.23. The monoisotopic (exact) mass is 394 g/mol. The molecular weight excluding hydrogens is 368 g/mol. The lowest BCUT2D eigenvalue weighted by Crippen LogP contribution is -2.16. The van der Waals surface area contributed by atoms with Crippen molar-refractivity contribution in [1.82, 2.24) is 0 Å². The van der Waals surface area contributed by atoms with Crippen molar-refractivity contribution >= 4 is 48.5 Å². The molecule has 0 aliphatic carbocycles. The Morgan fingerprint density at radius 1 is 0.500 bits per heavy atom. The van der Waals surface area contributed by atoms with Crippen LogP contribution in [0.2, 0.25) is 39.3 Å². The molecule has 0 fully saturated rings. The molecule has 0 bridgehead atoms. The van der Waals surface area contributed by atoms with Gasteiger partial charge in [-0.3, -0.25) is 0 Å². The highest BCUT2D eigenvalue weighted by Gasteiger charge is 2.12. The predicted molar refractivity (Wildman–Crippen MR) is 131 cm³/mol. The lowest BCUT2D eigenvalue weighted by atomic mass is 9.92. The van der Waals surface area contributed by atoms with E-state index in [0.29, 0.717) is 0 Å². The molecule has 0 saturated heterocycles. The number of hydrogen-bond acceptors (Lipinski definition) is 0. The first-order chi connectivity index (χ1) is 13.1. The number of benzene rings is 4. The zero-order chi connectivity index (χ0) is 20.1. The van der Waals surface area contributed by atoms with Crippen molar-refractivity contribution in [3.8, 4) is 22.9 Å². The van der Waals surface area contributed by atoms with Crippen molar-refractivity contribution in [2.24, 2.45) is 0 Å². The fourth-order valence-corrected chi connectivity index (χ4v) is 4.54. The van der Waals surface area contributed by atoms with Gasteiger partial charge in [-0.1, -0.05) is 75.4 Å². The van der Waals surface area contributed by atoms with Crippen LogP contribution in [0.1, 0.15) is 11.1 Å². The van der Waals surface area contributed by atoms with E-state index in [1.165, 1.54) is 32.3 Å². The van der Waals surface area contributed by atoms with Crippen LogP contribution in [0.15, 0.2) is 48.5 Å². The molecule has 0 atom stereocenters. The molecule has 138 valence electrons. The van der Waals surface area contributed by atoms with E-state index in [1.54, 1.807) is 0 Å². The molecule has 2 heteroatoms. The molecule has 0 nitrogen and oxygen atoms in total. The van der Waals surface area contributed by atoms with Crippen molar-refractivity contribution in [1.29, 1.82) is 0 Å². The molecular formula is C26H26Si2. The molecule has 0 saturated carbocycles. The van der Waals surface area contributed by atoms with Crippen LogP contribution in [0.5, 0.6) is 0 Å². The SMILES string of the molecule is C[Si](C)(C)C#Cc1cc2ccc3cc(C#C[Si](C)(C)C)cc4ccc(c1)c2c34. The first kappa shape index (κ1) is 18.8. The summed E-state index contributed by atoms with van der Waals surface area (Å²) in [6.07, 6.45) is 0. The van der Waals surface area contributed by atoms with E-state index < -0.39 is 16.1 Å². The van der Waals surface area contributed by atoms with Crippen LogP contribution in [0.25, 0.3) is 32.3 Å². The van der Waals surface area contributed by atoms with Gasteiger partial charge in [0.2, 0.25) is 0 Å². The first-order valence-corrected chi connectivity index (χ1v) is 16.9. The summed E-state index contributed by atoms with van der Waals surface area (Å²) in [4.78, 5) is 0. The Morgan fingerprint density at radius 2 is 0.786 bits per heavy atom. The number of hydrogen-bond donors (Lipinski definition) is 0. The average molecular weight is 395 g/mol. The molecule has 0 N–H and O–H groups in total. The fraction of sp³-hybridized carbons (Fsp3) is 0.231. The van der Waals surface area contributed by atoms with Gasteiger partial charge in [0.25, 0.3) is 0 Å². The van der Waals surface area contributed by atoms with Crippen LogP contribution in [-0.4, -0.2) is 16.1 Å². The normalized spacial score (nSPS) is 12.1. The lowest BCUT2D eigenvalue weighted by Gasteiger charge is -2.12. The quantitative estimate of drug-likeness (QED) is 0.170. The van der Waals surface area contributed by atoms with Crippen LogP contribution in [0.4, 0.5) is 0 Å². The van der Waals surface area contributed by atoms with Gasteiger partial charge in [-0.25, -0.2) is 0 Å². The average Bonchev–Trinajstić information content (AvgIpc) is 2.61. The van der Waals surface area contributed by atoms with E-state index in [-0.39, 0.29) is 0 Å². The van der Waals surface area contributed by atoms with E-state index in [2.05, 4.69) is 111 Å². The predicted octanol–water partition coefficient (Wildman–Crippen LogP) is 7.04. The van der Waals surface area contributed by atoms with E-state index in [1.807, 2.05) is 0 Å². The van der Waals surface area contributed by atoms with Crippen LogP contribution in [-0.2, 0) is 0 Å². The Morgan fingerprint density at radius 3 is 1.04 bits per heavy atom. The summed E-state index contributed by atoms with van der Waals surface area (Å²) in [6.45, 7) is 13.7.